The van der Waals surface area contributed by atoms with Crippen molar-refractivity contribution in [3.63, 3.8) is 0 Å². The molecular weight excluding hydrogens is 1430 g/mol. The van der Waals surface area contributed by atoms with Gasteiger partial charge in [-0.3, -0.25) is 38.4 Å². The smallest absolute Gasteiger partial charge is 0.246 e. The van der Waals surface area contributed by atoms with Gasteiger partial charge in [0.15, 0.2) is 18.9 Å². The summed E-state index contributed by atoms with van der Waals surface area (Å²) in [5.41, 5.74) is 0. The van der Waals surface area contributed by atoms with Gasteiger partial charge in [-0.2, -0.15) is 0 Å². The van der Waals surface area contributed by atoms with E-state index in [4.69, 9.17) is 71.1 Å². The number of carbonyl (C=O) groups excluding carboxylic acids is 8. The Balaban J connectivity index is 1.44. The van der Waals surface area contributed by atoms with Crippen molar-refractivity contribution in [1.82, 2.24) is 42.5 Å². The Morgan fingerprint density at radius 2 is 0.626 bits per heavy atom. The first kappa shape index (κ1) is 96.0. The monoisotopic (exact) mass is 1550 g/mol. The molecule has 0 spiro atoms. The van der Waals surface area contributed by atoms with E-state index in [9.17, 15) is 84.3 Å². The molecule has 40 nitrogen and oxygen atoms in total. The first-order valence-electron chi connectivity index (χ1n) is 36.7. The molecule has 17 N–H and O–H groups in total. The van der Waals surface area contributed by atoms with Gasteiger partial charge in [-0.15, -0.1) is 0 Å². The number of aliphatic hydroxyl groups excluding tert-OH is 9. The zero-order chi connectivity index (χ0) is 78.6. The summed E-state index contributed by atoms with van der Waals surface area (Å²) in [5, 5.41) is 112. The molecule has 107 heavy (non-hydrogen) atoms. The average molecular weight is 1550 g/mol. The van der Waals surface area contributed by atoms with Gasteiger partial charge in [0.1, 0.15) is 105 Å². The number of amides is 8. The van der Waals surface area contributed by atoms with Crippen molar-refractivity contribution in [2.75, 3.05) is 178 Å². The summed E-state index contributed by atoms with van der Waals surface area (Å²) in [6, 6.07) is -5.42. The highest BCUT2D eigenvalue weighted by Gasteiger charge is 2.48. The molecule has 0 bridgehead atoms. The molecule has 3 fully saturated rings. The van der Waals surface area contributed by atoms with Gasteiger partial charge in [-0.1, -0.05) is 32.6 Å². The normalized spacial score (nSPS) is 24.9. The molecule has 0 aromatic carbocycles. The van der Waals surface area contributed by atoms with Crippen molar-refractivity contribution in [2.24, 2.45) is 0 Å². The fraction of sp³-hybridized carbons (Fsp3) is 0.881. The maximum atomic E-state index is 14.2. The van der Waals surface area contributed by atoms with E-state index in [1.807, 2.05) is 0 Å². The molecule has 8 amide bonds. The minimum Gasteiger partial charge on any atom is -0.394 e. The Hall–Kier alpha value is -5.20. The van der Waals surface area contributed by atoms with Gasteiger partial charge in [0.2, 0.25) is 47.3 Å². The number of nitrogens with one attached hydrogen (secondary N) is 8. The Labute approximate surface area is 623 Å². The number of aliphatic hydroxyl groups is 9. The van der Waals surface area contributed by atoms with E-state index >= 15 is 0 Å². The third-order valence-corrected chi connectivity index (χ3v) is 16.6. The van der Waals surface area contributed by atoms with Crippen LogP contribution in [0, 0.1) is 0 Å². The van der Waals surface area contributed by atoms with Crippen LogP contribution in [0.15, 0.2) is 0 Å². The minimum atomic E-state index is -1.47. The van der Waals surface area contributed by atoms with E-state index in [1.165, 1.54) is 20.8 Å². The second-order valence-electron chi connectivity index (χ2n) is 25.3. The van der Waals surface area contributed by atoms with Crippen LogP contribution in [-0.2, 0) is 109 Å². The Morgan fingerprint density at radius 3 is 0.953 bits per heavy atom. The predicted molar refractivity (Wildman–Crippen MR) is 371 cm³/mol. The molecule has 0 aromatic rings. The Kier molecular flexibility index (Phi) is 52.6. The zero-order valence-electron chi connectivity index (χ0n) is 62.1. The quantitative estimate of drug-likeness (QED) is 0.0252. The van der Waals surface area contributed by atoms with Gasteiger partial charge in [0, 0.05) is 40.4 Å². The van der Waals surface area contributed by atoms with Gasteiger partial charge in [0.25, 0.3) is 0 Å². The van der Waals surface area contributed by atoms with Crippen LogP contribution in [0.3, 0.4) is 0 Å². The van der Waals surface area contributed by atoms with Gasteiger partial charge in [0.05, 0.1) is 139 Å². The molecular formula is C67H122N8O32. The summed E-state index contributed by atoms with van der Waals surface area (Å²) < 4.78 is 82.9. The highest BCUT2D eigenvalue weighted by Crippen LogP contribution is 2.25. The van der Waals surface area contributed by atoms with Crippen molar-refractivity contribution >= 4 is 47.3 Å². The Bertz CT molecular complexity index is 2440. The summed E-state index contributed by atoms with van der Waals surface area (Å²) in [6.45, 7) is 5.50. The van der Waals surface area contributed by atoms with Crippen molar-refractivity contribution in [3.05, 3.63) is 0 Å². The lowest BCUT2D eigenvalue weighted by Gasteiger charge is -2.42. The van der Waals surface area contributed by atoms with E-state index < -0.39 is 172 Å². The van der Waals surface area contributed by atoms with Gasteiger partial charge in [-0.25, -0.2) is 0 Å². The molecule has 3 saturated heterocycles. The van der Waals surface area contributed by atoms with Crippen molar-refractivity contribution in [1.29, 1.82) is 0 Å². The topological polar surface area (TPSA) is 553 Å². The van der Waals surface area contributed by atoms with E-state index in [-0.39, 0.29) is 164 Å². The molecule has 0 aromatic heterocycles. The van der Waals surface area contributed by atoms with Crippen LogP contribution in [0.25, 0.3) is 0 Å². The van der Waals surface area contributed by atoms with Crippen LogP contribution in [0.1, 0.15) is 98.3 Å². The van der Waals surface area contributed by atoms with Gasteiger partial charge < -0.3 is 160 Å². The van der Waals surface area contributed by atoms with Gasteiger partial charge >= 0.3 is 0 Å². The van der Waals surface area contributed by atoms with Crippen LogP contribution in [0.2, 0.25) is 0 Å². The van der Waals surface area contributed by atoms with E-state index in [0.29, 0.717) is 32.2 Å². The lowest BCUT2D eigenvalue weighted by atomic mass is 9.97. The van der Waals surface area contributed by atoms with Crippen LogP contribution in [0.5, 0.6) is 0 Å². The number of hydrogen-bond acceptors (Lipinski definition) is 32. The molecule has 17 atom stereocenters. The lowest BCUT2D eigenvalue weighted by Crippen LogP contribution is -2.64. The SMILES string of the molecule is CCCCCCCNC(=O)C(CCCCNC(=O)COCCOCCOCCO[C@@H]1O[C@H](CO)[C@H](O)[C@H](O)[C@H]1NC(C)=O)NC(=O)C(CCCCNC(=O)COCCOCCOCCO[C@@H]1O[C@H](CO)[C@H](O)[C@H](O)[C@H]1NC(C)=O)NC(=O)COCCOCCOCCO[C@@H]1O[C@H](CO)[C@H](O)[C@H](O)[C@H]1NC(C)=O. The maximum Gasteiger partial charge on any atom is 0.246 e. The molecule has 0 saturated carbocycles. The summed E-state index contributed by atoms with van der Waals surface area (Å²) in [6.07, 6.45) is -9.02. The third kappa shape index (κ3) is 41.1. The van der Waals surface area contributed by atoms with Crippen LogP contribution in [0.4, 0.5) is 0 Å². The molecule has 0 radical (unpaired) electrons. The zero-order valence-corrected chi connectivity index (χ0v) is 62.1. The number of rotatable bonds is 62. The molecule has 40 heteroatoms. The Morgan fingerprint density at radius 1 is 0.336 bits per heavy atom. The third-order valence-electron chi connectivity index (χ3n) is 16.6. The average Bonchev–Trinajstić information content (AvgIpc) is 0.807. The summed E-state index contributed by atoms with van der Waals surface area (Å²) >= 11 is 0. The number of unbranched alkanes of at least 4 members (excludes halogenated alkanes) is 6. The fourth-order valence-corrected chi connectivity index (χ4v) is 10.9. The molecule has 3 aliphatic heterocycles. The summed E-state index contributed by atoms with van der Waals surface area (Å²) in [5.74, 6) is -3.96. The molecule has 622 valence electrons. The van der Waals surface area contributed by atoms with Crippen LogP contribution >= 0.6 is 0 Å². The van der Waals surface area contributed by atoms with E-state index in [0.717, 1.165) is 32.1 Å². The fourth-order valence-electron chi connectivity index (χ4n) is 10.9. The highest BCUT2D eigenvalue weighted by atomic mass is 16.7. The van der Waals surface area contributed by atoms with Crippen LogP contribution in [-0.4, -0.2) is 375 Å². The maximum absolute atomic E-state index is 14.2. The van der Waals surface area contributed by atoms with E-state index in [2.05, 4.69) is 49.5 Å². The summed E-state index contributed by atoms with van der Waals surface area (Å²) in [7, 11) is 0. The van der Waals surface area contributed by atoms with E-state index in [1.54, 1.807) is 0 Å². The largest absolute Gasteiger partial charge is 0.394 e. The number of hydrogen-bond donors (Lipinski definition) is 17. The molecule has 2 unspecified atom stereocenters. The minimum absolute atomic E-state index is 0.00713. The number of ether oxygens (including phenoxy) is 15. The lowest BCUT2D eigenvalue weighted by molar-refractivity contribution is -0.272. The van der Waals surface area contributed by atoms with Crippen molar-refractivity contribution < 1.29 is 155 Å². The predicted octanol–water partition coefficient (Wildman–Crippen LogP) is -7.35. The van der Waals surface area contributed by atoms with Crippen LogP contribution < -0.4 is 42.5 Å². The first-order valence-corrected chi connectivity index (χ1v) is 36.7. The van der Waals surface area contributed by atoms with Crippen molar-refractivity contribution in [2.45, 2.75) is 202 Å². The standard InChI is InChI=1S/C67H122N8O32/c1-5-6-7-8-11-18-70-63(91)46(14-9-12-16-68-51(82)40-99-28-25-93-19-22-96-31-34-102-65-54(71-43(2)79)60(88)57(85)48(37-76)105-65)75-64(92)47(74-53(84)42-101-30-27-95-21-24-98-33-36-104-67-56(73-45(4)81)62(90)59(87)50(39-78)107-67)15-10-13-17-69-52(83)41-100-29-26-94-20-23-97-32-35-103-66-55(72-44(3)80)61(89)58(86)49(38-77)106-66/h46-50,54-62,65-67,76-78,85-90H,5-42H2,1-4H3,(H,68,82)(H,69,83)(H,70,91)(H,71,79)(H,72,80)(H,73,81)(H,74,84)(H,75,92)/t46?,47?,48-,49-,50-,54-,55-,56-,57+,58+,59+,60-,61-,62-,65-,66-,67-/m1/s1. The second kappa shape index (κ2) is 58.7. The van der Waals surface area contributed by atoms with Gasteiger partial charge in [-0.05, 0) is 44.9 Å². The molecule has 0 aliphatic carbocycles. The highest BCUT2D eigenvalue weighted by molar-refractivity contribution is 5.92. The van der Waals surface area contributed by atoms with Crippen molar-refractivity contribution in [3.8, 4) is 0 Å². The molecule has 3 rings (SSSR count). The summed E-state index contributed by atoms with van der Waals surface area (Å²) in [4.78, 5) is 102. The molecule has 3 aliphatic rings. The first-order chi connectivity index (χ1) is 51.6. The number of carbonyl (C=O) groups is 8. The molecule has 3 heterocycles. The second-order valence-corrected chi connectivity index (χ2v) is 25.3.